The van der Waals surface area contributed by atoms with E-state index in [9.17, 15) is 24.9 Å². The Morgan fingerprint density at radius 3 is 2.38 bits per heavy atom. The van der Waals surface area contributed by atoms with Gasteiger partial charge in [-0.25, -0.2) is 0 Å². The largest absolute Gasteiger partial charge is 0.389 e. The Kier molecular flexibility index (Phi) is 3.87. The molecule has 0 heterocycles. The van der Waals surface area contributed by atoms with Crippen LogP contribution in [0.15, 0.2) is 11.6 Å². The van der Waals surface area contributed by atoms with E-state index in [1.54, 1.807) is 6.08 Å². The lowest BCUT2D eigenvalue weighted by Crippen LogP contribution is -2.62. The molecule has 0 aliphatic heterocycles. The zero-order chi connectivity index (χ0) is 19.1. The van der Waals surface area contributed by atoms with E-state index in [1.165, 1.54) is 6.92 Å². The van der Waals surface area contributed by atoms with Crippen molar-refractivity contribution in [3.05, 3.63) is 11.6 Å². The van der Waals surface area contributed by atoms with Crippen molar-refractivity contribution in [3.8, 4) is 0 Å². The number of carbonyl (C=O) groups is 2. The molecule has 144 valence electrons. The molecule has 0 aromatic carbocycles. The third kappa shape index (κ3) is 2.02. The predicted octanol–water partition coefficient (Wildman–Crippen LogP) is 1.78. The van der Waals surface area contributed by atoms with Crippen molar-refractivity contribution in [2.45, 2.75) is 77.1 Å². The van der Waals surface area contributed by atoms with Gasteiger partial charge < -0.3 is 15.3 Å². The molecule has 5 heteroatoms. The Morgan fingerprint density at radius 2 is 1.73 bits per heavy atom. The van der Waals surface area contributed by atoms with Gasteiger partial charge in [0.05, 0.1) is 6.10 Å². The lowest BCUT2D eigenvalue weighted by Gasteiger charge is -2.59. The summed E-state index contributed by atoms with van der Waals surface area (Å²) >= 11 is 0. The molecule has 3 fully saturated rings. The van der Waals surface area contributed by atoms with Gasteiger partial charge >= 0.3 is 0 Å². The van der Waals surface area contributed by atoms with Crippen LogP contribution in [0.25, 0.3) is 0 Å². The average molecular weight is 362 g/mol. The van der Waals surface area contributed by atoms with Gasteiger partial charge in [-0.05, 0) is 74.7 Å². The molecule has 5 nitrogen and oxygen atoms in total. The molecule has 0 aromatic heterocycles. The number of Topliss-reactive ketones (excluding diaryl/α,β-unsaturated/α-hetero) is 2. The van der Waals surface area contributed by atoms with E-state index in [2.05, 4.69) is 6.92 Å². The molecule has 0 spiro atoms. The van der Waals surface area contributed by atoms with Gasteiger partial charge in [-0.3, -0.25) is 9.59 Å². The summed E-state index contributed by atoms with van der Waals surface area (Å²) in [5.41, 5.74) is -1.69. The van der Waals surface area contributed by atoms with Gasteiger partial charge in [0, 0.05) is 11.0 Å². The lowest BCUT2D eigenvalue weighted by atomic mass is 9.45. The smallest absolute Gasteiger partial charge is 0.187 e. The molecule has 4 aliphatic rings. The first-order valence-corrected chi connectivity index (χ1v) is 9.92. The first kappa shape index (κ1) is 18.3. The monoisotopic (exact) mass is 362 g/mol. The van der Waals surface area contributed by atoms with E-state index in [0.717, 1.165) is 19.3 Å². The highest BCUT2D eigenvalue weighted by molar-refractivity contribution is 6.01. The van der Waals surface area contributed by atoms with Gasteiger partial charge in [0.25, 0.3) is 0 Å². The fourth-order valence-electron chi connectivity index (χ4n) is 7.11. The number of carbonyl (C=O) groups excluding carboxylic acids is 2. The van der Waals surface area contributed by atoms with Gasteiger partial charge in [0.1, 0.15) is 11.7 Å². The van der Waals surface area contributed by atoms with E-state index in [4.69, 9.17) is 0 Å². The minimum Gasteiger partial charge on any atom is -0.389 e. The summed E-state index contributed by atoms with van der Waals surface area (Å²) in [7, 11) is 0. The summed E-state index contributed by atoms with van der Waals surface area (Å²) in [5.74, 6) is -0.604. The molecular formula is C21H30O5. The van der Waals surface area contributed by atoms with Crippen LogP contribution in [0.2, 0.25) is 0 Å². The van der Waals surface area contributed by atoms with E-state index < -0.39 is 23.2 Å². The number of fused-ring (bicyclic) bond motifs is 5. The van der Waals surface area contributed by atoms with Crippen LogP contribution in [-0.2, 0) is 9.59 Å². The van der Waals surface area contributed by atoms with E-state index in [1.807, 2.05) is 6.92 Å². The molecule has 0 aromatic rings. The van der Waals surface area contributed by atoms with Crippen molar-refractivity contribution < 1.29 is 24.9 Å². The average Bonchev–Trinajstić information content (AvgIpc) is 2.87. The van der Waals surface area contributed by atoms with Gasteiger partial charge in [0.2, 0.25) is 0 Å². The Balaban J connectivity index is 1.79. The third-order valence-electron chi connectivity index (χ3n) is 8.72. The molecule has 3 N–H and O–H groups in total. The Bertz CT molecular complexity index is 699. The van der Waals surface area contributed by atoms with Crippen molar-refractivity contribution in [2.75, 3.05) is 0 Å². The van der Waals surface area contributed by atoms with Crippen LogP contribution in [0.1, 0.15) is 59.3 Å². The zero-order valence-corrected chi connectivity index (χ0v) is 15.9. The molecule has 4 aliphatic carbocycles. The zero-order valence-electron chi connectivity index (χ0n) is 15.9. The topological polar surface area (TPSA) is 94.8 Å². The van der Waals surface area contributed by atoms with Crippen molar-refractivity contribution in [1.82, 2.24) is 0 Å². The number of hydrogen-bond donors (Lipinski definition) is 3. The van der Waals surface area contributed by atoms with Crippen LogP contribution in [-0.4, -0.2) is 44.7 Å². The van der Waals surface area contributed by atoms with Crippen LogP contribution in [0.4, 0.5) is 0 Å². The highest BCUT2D eigenvalue weighted by Crippen LogP contribution is 2.67. The molecule has 3 saturated carbocycles. The van der Waals surface area contributed by atoms with E-state index >= 15 is 0 Å². The highest BCUT2D eigenvalue weighted by atomic mass is 16.3. The maximum Gasteiger partial charge on any atom is 0.187 e. The van der Waals surface area contributed by atoms with Crippen LogP contribution < -0.4 is 0 Å². The molecule has 26 heavy (non-hydrogen) atoms. The van der Waals surface area contributed by atoms with Crippen LogP contribution in [0, 0.1) is 28.6 Å². The van der Waals surface area contributed by atoms with Gasteiger partial charge in [-0.15, -0.1) is 0 Å². The molecule has 0 unspecified atom stereocenters. The number of aliphatic hydroxyl groups is 3. The van der Waals surface area contributed by atoms with Gasteiger partial charge in [-0.2, -0.15) is 0 Å². The van der Waals surface area contributed by atoms with Crippen LogP contribution >= 0.6 is 0 Å². The summed E-state index contributed by atoms with van der Waals surface area (Å²) in [6, 6.07) is 0. The second-order valence-corrected chi connectivity index (χ2v) is 9.61. The second-order valence-electron chi connectivity index (χ2n) is 9.61. The van der Waals surface area contributed by atoms with Gasteiger partial charge in [-0.1, -0.05) is 13.8 Å². The quantitative estimate of drug-likeness (QED) is 0.661. The summed E-state index contributed by atoms with van der Waals surface area (Å²) in [6.45, 7) is 5.52. The van der Waals surface area contributed by atoms with E-state index in [0.29, 0.717) is 24.8 Å². The highest BCUT2D eigenvalue weighted by Gasteiger charge is 2.68. The van der Waals surface area contributed by atoms with Crippen molar-refractivity contribution in [2.24, 2.45) is 28.6 Å². The standard InChI is InChI=1S/C21H30O5/c1-11(22)21(26)9-6-14-16-13(5-8-20(14,21)3)19(2)7-4-12(23)10-15(19)17(24)18(16)25/h10,12-14,16,18,23,25-26H,4-9H2,1-3H3/t12-,13+,14+,16-,18+,19-,20+,21+/m1/s1. The lowest BCUT2D eigenvalue weighted by molar-refractivity contribution is -0.172. The maximum absolute atomic E-state index is 13.0. The first-order chi connectivity index (χ1) is 12.1. The summed E-state index contributed by atoms with van der Waals surface area (Å²) < 4.78 is 0. The Morgan fingerprint density at radius 1 is 1.08 bits per heavy atom. The number of rotatable bonds is 1. The minimum absolute atomic E-state index is 0.0423. The predicted molar refractivity (Wildman–Crippen MR) is 95.1 cm³/mol. The maximum atomic E-state index is 13.0. The van der Waals surface area contributed by atoms with Crippen molar-refractivity contribution in [1.29, 1.82) is 0 Å². The molecule has 0 saturated heterocycles. The molecule has 8 atom stereocenters. The van der Waals surface area contributed by atoms with Crippen molar-refractivity contribution >= 4 is 11.6 Å². The first-order valence-electron chi connectivity index (χ1n) is 9.92. The number of aliphatic hydroxyl groups excluding tert-OH is 2. The number of hydrogen-bond acceptors (Lipinski definition) is 5. The summed E-state index contributed by atoms with van der Waals surface area (Å²) in [4.78, 5) is 25.2. The summed E-state index contributed by atoms with van der Waals surface area (Å²) in [6.07, 6.45) is 3.87. The molecular weight excluding hydrogens is 332 g/mol. The molecule has 4 rings (SSSR count). The Hall–Kier alpha value is -1.04. The third-order valence-corrected chi connectivity index (χ3v) is 8.72. The van der Waals surface area contributed by atoms with E-state index in [-0.39, 0.29) is 34.7 Å². The number of ketones is 2. The van der Waals surface area contributed by atoms with Gasteiger partial charge in [0.15, 0.2) is 11.6 Å². The van der Waals surface area contributed by atoms with Crippen LogP contribution in [0.5, 0.6) is 0 Å². The minimum atomic E-state index is -1.36. The van der Waals surface area contributed by atoms with Crippen LogP contribution in [0.3, 0.4) is 0 Å². The summed E-state index contributed by atoms with van der Waals surface area (Å²) in [5, 5.41) is 32.1. The molecule has 0 amide bonds. The SMILES string of the molecule is CC(=O)[C@@]1(O)CC[C@H]2[C@@H]3[C@H](O)C(=O)C4=C[C@H](O)CC[C@]4(C)[C@H]3CC[C@@]21C. The second kappa shape index (κ2) is 5.49. The molecule has 0 bridgehead atoms. The fraction of sp³-hybridized carbons (Fsp3) is 0.810. The fourth-order valence-corrected chi connectivity index (χ4v) is 7.11. The Labute approximate surface area is 154 Å². The normalized spacial score (nSPS) is 53.4. The molecule has 0 radical (unpaired) electrons. The van der Waals surface area contributed by atoms with Crippen molar-refractivity contribution in [3.63, 3.8) is 0 Å².